The fraction of sp³-hybridized carbons (Fsp3) is 0.625. The summed E-state index contributed by atoms with van der Waals surface area (Å²) in [5.74, 6) is 0.00799. The van der Waals surface area contributed by atoms with Crippen LogP contribution in [0.15, 0.2) is 24.5 Å². The van der Waals surface area contributed by atoms with E-state index in [1.54, 1.807) is 19.5 Å². The van der Waals surface area contributed by atoms with E-state index in [-0.39, 0.29) is 30.8 Å². The number of carbonyl (C=O) groups is 1. The van der Waals surface area contributed by atoms with Gasteiger partial charge in [0.2, 0.25) is 5.91 Å². The van der Waals surface area contributed by atoms with E-state index in [4.69, 9.17) is 14.2 Å². The molecule has 6 heteroatoms. The zero-order chi connectivity index (χ0) is 15.4. The van der Waals surface area contributed by atoms with Crippen molar-refractivity contribution in [3.05, 3.63) is 30.1 Å². The lowest BCUT2D eigenvalue weighted by atomic mass is 10.1. The van der Waals surface area contributed by atoms with Crippen LogP contribution in [0.25, 0.3) is 0 Å². The van der Waals surface area contributed by atoms with E-state index in [0.717, 1.165) is 18.4 Å². The van der Waals surface area contributed by atoms with E-state index in [1.807, 2.05) is 17.0 Å². The highest BCUT2D eigenvalue weighted by Gasteiger charge is 2.44. The number of pyridine rings is 1. The van der Waals surface area contributed by atoms with Gasteiger partial charge in [0.05, 0.1) is 25.4 Å². The Morgan fingerprint density at radius 2 is 2.41 bits per heavy atom. The maximum absolute atomic E-state index is 12.2. The molecule has 3 rings (SSSR count). The first-order valence-electron chi connectivity index (χ1n) is 7.70. The zero-order valence-corrected chi connectivity index (χ0v) is 12.8. The van der Waals surface area contributed by atoms with Crippen LogP contribution >= 0.6 is 0 Å². The van der Waals surface area contributed by atoms with Gasteiger partial charge in [0.25, 0.3) is 0 Å². The Kier molecular flexibility index (Phi) is 5.02. The van der Waals surface area contributed by atoms with Crippen LogP contribution in [0.4, 0.5) is 0 Å². The SMILES string of the molecule is COCC(=O)N1CCO[C@H]2CC[C@H]1[C@H]2OCc1cccnc1. The average molecular weight is 306 g/mol. The molecule has 2 aliphatic rings. The summed E-state index contributed by atoms with van der Waals surface area (Å²) in [7, 11) is 1.54. The van der Waals surface area contributed by atoms with Gasteiger partial charge in [-0.2, -0.15) is 0 Å². The summed E-state index contributed by atoms with van der Waals surface area (Å²) in [6, 6.07) is 3.96. The number of ether oxygens (including phenoxy) is 3. The molecule has 0 unspecified atom stereocenters. The quantitative estimate of drug-likeness (QED) is 0.812. The molecule has 1 amide bonds. The number of carbonyl (C=O) groups excluding carboxylic acids is 1. The van der Waals surface area contributed by atoms with Crippen molar-refractivity contribution >= 4 is 5.91 Å². The van der Waals surface area contributed by atoms with Crippen LogP contribution in [0.2, 0.25) is 0 Å². The number of fused-ring (bicyclic) bond motifs is 2. The van der Waals surface area contributed by atoms with Crippen molar-refractivity contribution in [3.63, 3.8) is 0 Å². The highest BCUT2D eigenvalue weighted by molar-refractivity contribution is 5.78. The molecule has 0 N–H and O–H groups in total. The van der Waals surface area contributed by atoms with Crippen LogP contribution < -0.4 is 0 Å². The fourth-order valence-electron chi connectivity index (χ4n) is 3.30. The van der Waals surface area contributed by atoms with Gasteiger partial charge in [0, 0.05) is 26.0 Å². The summed E-state index contributed by atoms with van der Waals surface area (Å²) in [6.45, 7) is 1.76. The summed E-state index contributed by atoms with van der Waals surface area (Å²) in [5, 5.41) is 0. The van der Waals surface area contributed by atoms with Gasteiger partial charge in [-0.3, -0.25) is 9.78 Å². The predicted molar refractivity (Wildman–Crippen MR) is 79.2 cm³/mol. The largest absolute Gasteiger partial charge is 0.375 e. The average Bonchev–Trinajstić information content (AvgIpc) is 2.82. The second kappa shape index (κ2) is 7.17. The van der Waals surface area contributed by atoms with E-state index < -0.39 is 0 Å². The standard InChI is InChI=1S/C16H22N2O4/c1-20-11-15(19)18-7-8-21-14-5-4-13(18)16(14)22-10-12-3-2-6-17-9-12/h2-3,6,9,13-14,16H,4-5,7-8,10-11H2,1H3/t13-,14-,16+/m0/s1. The third kappa shape index (κ3) is 3.29. The lowest BCUT2D eigenvalue weighted by Gasteiger charge is -2.31. The number of methoxy groups -OCH3 is 1. The molecule has 2 bridgehead atoms. The molecule has 1 saturated carbocycles. The molecule has 1 aliphatic carbocycles. The molecule has 2 heterocycles. The van der Waals surface area contributed by atoms with Gasteiger partial charge in [0.15, 0.2) is 0 Å². The van der Waals surface area contributed by atoms with Crippen LogP contribution in [-0.2, 0) is 25.6 Å². The molecular weight excluding hydrogens is 284 g/mol. The minimum atomic E-state index is -0.0801. The van der Waals surface area contributed by atoms with Crippen molar-refractivity contribution in [1.29, 1.82) is 0 Å². The van der Waals surface area contributed by atoms with Crippen molar-refractivity contribution in [2.45, 2.75) is 37.7 Å². The minimum Gasteiger partial charge on any atom is -0.375 e. The highest BCUT2D eigenvalue weighted by Crippen LogP contribution is 2.32. The van der Waals surface area contributed by atoms with Crippen molar-refractivity contribution < 1.29 is 19.0 Å². The highest BCUT2D eigenvalue weighted by atomic mass is 16.5. The molecule has 0 spiro atoms. The Morgan fingerprint density at radius 1 is 1.50 bits per heavy atom. The van der Waals surface area contributed by atoms with Crippen LogP contribution in [0.1, 0.15) is 18.4 Å². The smallest absolute Gasteiger partial charge is 0.248 e. The first-order valence-corrected chi connectivity index (χ1v) is 7.70. The second-order valence-electron chi connectivity index (χ2n) is 5.71. The van der Waals surface area contributed by atoms with Crippen LogP contribution in [0.3, 0.4) is 0 Å². The summed E-state index contributed by atoms with van der Waals surface area (Å²) in [4.78, 5) is 18.2. The van der Waals surface area contributed by atoms with Crippen LogP contribution in [-0.4, -0.2) is 60.9 Å². The Bertz CT molecular complexity index is 496. The summed E-state index contributed by atoms with van der Waals surface area (Å²) in [5.41, 5.74) is 1.03. The fourth-order valence-corrected chi connectivity index (χ4v) is 3.30. The monoisotopic (exact) mass is 306 g/mol. The Morgan fingerprint density at radius 3 is 3.18 bits per heavy atom. The lowest BCUT2D eigenvalue weighted by Crippen LogP contribution is -2.47. The van der Waals surface area contributed by atoms with E-state index in [2.05, 4.69) is 4.98 Å². The van der Waals surface area contributed by atoms with Gasteiger partial charge in [-0.25, -0.2) is 0 Å². The number of hydrogen-bond acceptors (Lipinski definition) is 5. The molecule has 1 aromatic rings. The van der Waals surface area contributed by atoms with Crippen LogP contribution in [0, 0.1) is 0 Å². The summed E-state index contributed by atoms with van der Waals surface area (Å²) < 4.78 is 17.0. The van der Waals surface area contributed by atoms with Gasteiger partial charge in [-0.05, 0) is 24.5 Å². The van der Waals surface area contributed by atoms with E-state index in [1.165, 1.54) is 0 Å². The maximum atomic E-state index is 12.2. The Hall–Kier alpha value is -1.50. The molecule has 6 nitrogen and oxygen atoms in total. The van der Waals surface area contributed by atoms with E-state index in [0.29, 0.717) is 19.8 Å². The maximum Gasteiger partial charge on any atom is 0.248 e. The first kappa shape index (κ1) is 15.4. The first-order chi connectivity index (χ1) is 10.8. The number of rotatable bonds is 5. The van der Waals surface area contributed by atoms with Crippen molar-refractivity contribution in [2.24, 2.45) is 0 Å². The predicted octanol–water partition coefficient (Wildman–Crippen LogP) is 1.00. The third-order valence-corrected chi connectivity index (χ3v) is 4.31. The minimum absolute atomic E-state index is 0.00799. The molecule has 3 atom stereocenters. The summed E-state index contributed by atoms with van der Waals surface area (Å²) >= 11 is 0. The van der Waals surface area contributed by atoms with Crippen molar-refractivity contribution in [1.82, 2.24) is 9.88 Å². The Labute approximate surface area is 130 Å². The van der Waals surface area contributed by atoms with E-state index in [9.17, 15) is 4.79 Å². The second-order valence-corrected chi connectivity index (χ2v) is 5.71. The molecule has 120 valence electrons. The van der Waals surface area contributed by atoms with Crippen molar-refractivity contribution in [2.75, 3.05) is 26.9 Å². The van der Waals surface area contributed by atoms with Gasteiger partial charge in [-0.1, -0.05) is 6.07 Å². The van der Waals surface area contributed by atoms with E-state index >= 15 is 0 Å². The van der Waals surface area contributed by atoms with Crippen molar-refractivity contribution in [3.8, 4) is 0 Å². The third-order valence-electron chi connectivity index (χ3n) is 4.31. The van der Waals surface area contributed by atoms with Gasteiger partial charge in [0.1, 0.15) is 12.7 Å². The van der Waals surface area contributed by atoms with Gasteiger partial charge in [-0.15, -0.1) is 0 Å². The molecule has 0 radical (unpaired) electrons. The molecule has 1 aromatic heterocycles. The number of amides is 1. The number of nitrogens with zero attached hydrogens (tertiary/aromatic N) is 2. The lowest BCUT2D eigenvalue weighted by molar-refractivity contribution is -0.140. The number of hydrogen-bond donors (Lipinski definition) is 0. The molecule has 1 saturated heterocycles. The molecular formula is C16H22N2O4. The molecule has 0 aromatic carbocycles. The molecule has 1 aliphatic heterocycles. The molecule has 22 heavy (non-hydrogen) atoms. The van der Waals surface area contributed by atoms with Gasteiger partial charge < -0.3 is 19.1 Å². The Balaban J connectivity index is 1.68. The topological polar surface area (TPSA) is 60.9 Å². The molecule has 2 fully saturated rings. The zero-order valence-electron chi connectivity index (χ0n) is 12.8. The summed E-state index contributed by atoms with van der Waals surface area (Å²) in [6.07, 6.45) is 5.38. The number of aromatic nitrogens is 1. The normalized spacial score (nSPS) is 27.7. The van der Waals surface area contributed by atoms with Gasteiger partial charge >= 0.3 is 0 Å². The van der Waals surface area contributed by atoms with Crippen LogP contribution in [0.5, 0.6) is 0 Å².